The molecule has 0 amide bonds. The zero-order valence-corrected chi connectivity index (χ0v) is 17.2. The maximum atomic E-state index is 12.7. The molecule has 30 heavy (non-hydrogen) atoms. The third kappa shape index (κ3) is 5.10. The van der Waals surface area contributed by atoms with E-state index >= 15 is 0 Å². The minimum absolute atomic E-state index is 0.141. The van der Waals surface area contributed by atoms with Gasteiger partial charge in [-0.25, -0.2) is 9.78 Å². The molecule has 2 aromatic carbocycles. The number of benzene rings is 2. The zero-order valence-electron chi connectivity index (χ0n) is 17.2. The number of carboxylic acid groups (broad SMARTS) is 1. The third-order valence-electron chi connectivity index (χ3n) is 4.71. The number of carbonyl (C=O) groups excluding carboxylic acids is 1. The van der Waals surface area contributed by atoms with Crippen molar-refractivity contribution in [2.75, 3.05) is 0 Å². The molecular formula is C24H24N2O4. The van der Waals surface area contributed by atoms with Gasteiger partial charge < -0.3 is 14.4 Å². The van der Waals surface area contributed by atoms with Crippen LogP contribution in [0.4, 0.5) is 0 Å². The number of aromatic nitrogens is 2. The number of nitrogens with zero attached hydrogens (tertiary/aromatic N) is 2. The molecule has 6 heteroatoms. The predicted molar refractivity (Wildman–Crippen MR) is 115 cm³/mol. The van der Waals surface area contributed by atoms with E-state index in [0.29, 0.717) is 11.4 Å². The van der Waals surface area contributed by atoms with Crippen molar-refractivity contribution in [3.05, 3.63) is 89.0 Å². The second-order valence-corrected chi connectivity index (χ2v) is 7.51. The summed E-state index contributed by atoms with van der Waals surface area (Å²) < 4.78 is 7.15. The molecule has 3 rings (SSSR count). The van der Waals surface area contributed by atoms with Crippen LogP contribution in [0.5, 0.6) is 0 Å². The lowest BCUT2D eigenvalue weighted by Gasteiger charge is -2.20. The molecule has 1 heterocycles. The van der Waals surface area contributed by atoms with Gasteiger partial charge >= 0.3 is 5.97 Å². The first-order chi connectivity index (χ1) is 14.3. The van der Waals surface area contributed by atoms with Crippen LogP contribution in [0.15, 0.2) is 60.9 Å². The number of rotatable bonds is 8. The topological polar surface area (TPSA) is 81.4 Å². The van der Waals surface area contributed by atoms with Crippen molar-refractivity contribution in [1.29, 1.82) is 0 Å². The van der Waals surface area contributed by atoms with Crippen LogP contribution in [-0.2, 0) is 16.1 Å². The first kappa shape index (κ1) is 21.2. The van der Waals surface area contributed by atoms with Gasteiger partial charge in [0.1, 0.15) is 0 Å². The number of hydrogen-bond acceptors (Lipinski definition) is 4. The molecule has 3 aromatic rings. The van der Waals surface area contributed by atoms with Gasteiger partial charge in [0.2, 0.25) is 5.78 Å². The maximum absolute atomic E-state index is 12.7. The van der Waals surface area contributed by atoms with Gasteiger partial charge in [0.05, 0.1) is 6.61 Å². The molecule has 0 spiro atoms. The van der Waals surface area contributed by atoms with Gasteiger partial charge in [0.15, 0.2) is 11.4 Å². The molecule has 1 N–H and O–H groups in total. The van der Waals surface area contributed by atoms with E-state index in [1.807, 2.05) is 49.4 Å². The molecule has 6 nitrogen and oxygen atoms in total. The van der Waals surface area contributed by atoms with Gasteiger partial charge in [-0.1, -0.05) is 54.1 Å². The fourth-order valence-corrected chi connectivity index (χ4v) is 2.66. The molecule has 0 bridgehead atoms. The number of carboxylic acids is 1. The summed E-state index contributed by atoms with van der Waals surface area (Å²) in [6.45, 7) is 5.22. The van der Waals surface area contributed by atoms with E-state index in [-0.39, 0.29) is 12.4 Å². The van der Waals surface area contributed by atoms with E-state index in [4.69, 9.17) is 9.84 Å². The van der Waals surface area contributed by atoms with Crippen molar-refractivity contribution in [2.24, 2.45) is 0 Å². The molecule has 0 atom stereocenters. The van der Waals surface area contributed by atoms with Gasteiger partial charge in [0.25, 0.3) is 0 Å². The van der Waals surface area contributed by atoms with Crippen LogP contribution < -0.4 is 0 Å². The van der Waals surface area contributed by atoms with E-state index < -0.39 is 11.6 Å². The van der Waals surface area contributed by atoms with Crippen molar-refractivity contribution in [1.82, 2.24) is 9.55 Å². The van der Waals surface area contributed by atoms with Crippen molar-refractivity contribution >= 4 is 24.0 Å². The Hall–Kier alpha value is -3.51. The number of aliphatic carboxylic acids is 1. The molecule has 0 saturated carbocycles. The second kappa shape index (κ2) is 8.88. The van der Waals surface area contributed by atoms with E-state index in [9.17, 15) is 9.59 Å². The minimum atomic E-state index is -1.24. The average molecular weight is 404 g/mol. The first-order valence-electron chi connectivity index (χ1n) is 9.55. The molecule has 0 aliphatic carbocycles. The van der Waals surface area contributed by atoms with E-state index in [0.717, 1.165) is 16.7 Å². The van der Waals surface area contributed by atoms with Gasteiger partial charge in [-0.2, -0.15) is 0 Å². The fourth-order valence-electron chi connectivity index (χ4n) is 2.66. The fraction of sp³-hybridized carbons (Fsp3) is 0.208. The Kier molecular flexibility index (Phi) is 6.28. The Balaban J connectivity index is 1.68. The Morgan fingerprint density at radius 2 is 1.77 bits per heavy atom. The Labute approximate surface area is 175 Å². The summed E-state index contributed by atoms with van der Waals surface area (Å²) in [5.41, 5.74) is 2.25. The van der Waals surface area contributed by atoms with E-state index in [2.05, 4.69) is 4.98 Å². The van der Waals surface area contributed by atoms with Crippen LogP contribution in [0, 0.1) is 6.92 Å². The van der Waals surface area contributed by atoms with Gasteiger partial charge in [-0.15, -0.1) is 0 Å². The molecular weight excluding hydrogens is 380 g/mol. The molecule has 1 aromatic heterocycles. The highest BCUT2D eigenvalue weighted by Crippen LogP contribution is 2.15. The molecule has 154 valence electrons. The lowest BCUT2D eigenvalue weighted by Crippen LogP contribution is -2.34. The number of hydrogen-bond donors (Lipinski definition) is 1. The van der Waals surface area contributed by atoms with Gasteiger partial charge in [-0.05, 0) is 38.0 Å². The van der Waals surface area contributed by atoms with Crippen LogP contribution in [0.25, 0.3) is 12.3 Å². The number of ether oxygens (including phenoxy) is 1. The standard InChI is InChI=1S/C24H24N2O4/c1-17-4-10-20(11-5-17)21(27)22-25-13-15-26(22)14-12-18-6-8-19(9-7-18)16-30-24(2,3)23(28)29/h4-15H,16H2,1-3H3,(H,28,29). The Morgan fingerprint density at radius 3 is 2.40 bits per heavy atom. The normalized spacial score (nSPS) is 11.7. The average Bonchev–Trinajstić information content (AvgIpc) is 3.20. The molecule has 0 radical (unpaired) electrons. The number of ketones is 1. The third-order valence-corrected chi connectivity index (χ3v) is 4.71. The summed E-state index contributed by atoms with van der Waals surface area (Å²) in [6.07, 6.45) is 6.98. The summed E-state index contributed by atoms with van der Waals surface area (Å²) >= 11 is 0. The highest BCUT2D eigenvalue weighted by molar-refractivity contribution is 6.07. The number of aryl methyl sites for hydroxylation is 1. The molecule has 0 fully saturated rings. The first-order valence-corrected chi connectivity index (χ1v) is 9.55. The summed E-state index contributed by atoms with van der Waals surface area (Å²) in [5, 5.41) is 9.10. The van der Waals surface area contributed by atoms with Gasteiger partial charge in [-0.3, -0.25) is 4.79 Å². The number of carbonyl (C=O) groups is 2. The van der Waals surface area contributed by atoms with Gasteiger partial charge in [0, 0.05) is 24.2 Å². The smallest absolute Gasteiger partial charge is 0.335 e. The van der Waals surface area contributed by atoms with Crippen molar-refractivity contribution in [3.63, 3.8) is 0 Å². The van der Waals surface area contributed by atoms with Crippen LogP contribution in [0.1, 0.15) is 46.7 Å². The summed E-state index contributed by atoms with van der Waals surface area (Å²) in [6, 6.07) is 15.0. The van der Waals surface area contributed by atoms with E-state index in [1.54, 1.807) is 35.3 Å². The SMILES string of the molecule is Cc1ccc(C(=O)c2nccn2C=Cc2ccc(COC(C)(C)C(=O)O)cc2)cc1. The van der Waals surface area contributed by atoms with Crippen LogP contribution >= 0.6 is 0 Å². The molecule has 0 unspecified atom stereocenters. The molecule has 0 aliphatic rings. The molecule has 0 aliphatic heterocycles. The highest BCUT2D eigenvalue weighted by Gasteiger charge is 2.27. The van der Waals surface area contributed by atoms with Crippen molar-refractivity contribution in [3.8, 4) is 0 Å². The quantitative estimate of drug-likeness (QED) is 0.562. The van der Waals surface area contributed by atoms with Crippen LogP contribution in [0.2, 0.25) is 0 Å². The van der Waals surface area contributed by atoms with Crippen LogP contribution in [-0.4, -0.2) is 32.0 Å². The predicted octanol–water partition coefficient (Wildman–Crippen LogP) is 4.43. The monoisotopic (exact) mass is 404 g/mol. The van der Waals surface area contributed by atoms with E-state index in [1.165, 1.54) is 13.8 Å². The zero-order chi connectivity index (χ0) is 21.7. The van der Waals surface area contributed by atoms with Crippen LogP contribution in [0.3, 0.4) is 0 Å². The Morgan fingerprint density at radius 1 is 1.10 bits per heavy atom. The second-order valence-electron chi connectivity index (χ2n) is 7.51. The highest BCUT2D eigenvalue weighted by atomic mass is 16.5. The molecule has 0 saturated heterocycles. The lowest BCUT2D eigenvalue weighted by molar-refractivity contribution is -0.162. The van der Waals surface area contributed by atoms with Crippen molar-refractivity contribution in [2.45, 2.75) is 33.0 Å². The largest absolute Gasteiger partial charge is 0.479 e. The summed E-state index contributed by atoms with van der Waals surface area (Å²) in [5.74, 6) is -0.799. The summed E-state index contributed by atoms with van der Waals surface area (Å²) in [4.78, 5) is 28.0. The lowest BCUT2D eigenvalue weighted by atomic mass is 10.1. The minimum Gasteiger partial charge on any atom is -0.479 e. The Bertz CT molecular complexity index is 1060. The number of imidazole rings is 1. The summed E-state index contributed by atoms with van der Waals surface area (Å²) in [7, 11) is 0. The van der Waals surface area contributed by atoms with Crippen molar-refractivity contribution < 1.29 is 19.4 Å². The maximum Gasteiger partial charge on any atom is 0.335 e.